The molecule has 23 heavy (non-hydrogen) atoms. The van der Waals surface area contributed by atoms with Crippen LogP contribution in [0.15, 0.2) is 29.2 Å². The summed E-state index contributed by atoms with van der Waals surface area (Å²) in [6.07, 6.45) is 4.85. The predicted octanol–water partition coefficient (Wildman–Crippen LogP) is 2.80. The van der Waals surface area contributed by atoms with Gasteiger partial charge in [-0.2, -0.15) is 0 Å². The second kappa shape index (κ2) is 7.59. The van der Waals surface area contributed by atoms with Crippen LogP contribution in [-0.4, -0.2) is 38.0 Å². The zero-order valence-corrected chi connectivity index (χ0v) is 15.5. The molecule has 1 fully saturated rings. The molecule has 2 atom stereocenters. The molecular formula is C16H25N3O2S2. The van der Waals surface area contributed by atoms with Crippen LogP contribution in [0.2, 0.25) is 0 Å². The minimum atomic E-state index is -3.44. The van der Waals surface area contributed by atoms with Gasteiger partial charge in [0.05, 0.1) is 4.90 Å². The van der Waals surface area contributed by atoms with Crippen molar-refractivity contribution < 1.29 is 8.42 Å². The van der Waals surface area contributed by atoms with Crippen LogP contribution in [0.3, 0.4) is 0 Å². The van der Waals surface area contributed by atoms with Gasteiger partial charge in [0, 0.05) is 25.8 Å². The standard InChI is InChI=1S/C16H25N3O2S2/c1-12-7-4-5-10-15(12)18-16(22)17-13-8-6-9-14(11-13)23(20,21)19(2)3/h6,8-9,11-12,15H,4-5,7,10H2,1-3H3,(H2,17,18,22)/t12-,15+/m1/s1. The quantitative estimate of drug-likeness (QED) is 0.813. The molecule has 0 amide bonds. The highest BCUT2D eigenvalue weighted by Gasteiger charge is 2.22. The average molecular weight is 356 g/mol. The van der Waals surface area contributed by atoms with Crippen molar-refractivity contribution in [3.8, 4) is 0 Å². The van der Waals surface area contributed by atoms with Crippen LogP contribution in [0.4, 0.5) is 5.69 Å². The summed E-state index contributed by atoms with van der Waals surface area (Å²) in [6, 6.07) is 7.10. The van der Waals surface area contributed by atoms with Crippen LogP contribution >= 0.6 is 12.2 Å². The van der Waals surface area contributed by atoms with Gasteiger partial charge in [0.15, 0.2) is 5.11 Å². The van der Waals surface area contributed by atoms with Gasteiger partial charge in [-0.1, -0.05) is 25.8 Å². The first-order valence-electron chi connectivity index (χ1n) is 7.91. The number of benzene rings is 1. The first kappa shape index (κ1) is 18.2. The van der Waals surface area contributed by atoms with E-state index in [9.17, 15) is 8.42 Å². The zero-order valence-electron chi connectivity index (χ0n) is 13.9. The molecule has 1 aromatic carbocycles. The van der Waals surface area contributed by atoms with E-state index < -0.39 is 10.0 Å². The Kier molecular flexibility index (Phi) is 6.00. The Balaban J connectivity index is 2.04. The van der Waals surface area contributed by atoms with Crippen LogP contribution in [0, 0.1) is 5.92 Å². The van der Waals surface area contributed by atoms with Gasteiger partial charge >= 0.3 is 0 Å². The molecule has 7 heteroatoms. The number of hydrogen-bond donors (Lipinski definition) is 2. The first-order valence-corrected chi connectivity index (χ1v) is 9.75. The Morgan fingerprint density at radius 2 is 1.96 bits per heavy atom. The average Bonchev–Trinajstić information content (AvgIpc) is 2.49. The fraction of sp³-hybridized carbons (Fsp3) is 0.562. The lowest BCUT2D eigenvalue weighted by atomic mass is 9.86. The summed E-state index contributed by atoms with van der Waals surface area (Å²) >= 11 is 5.38. The maximum atomic E-state index is 12.2. The van der Waals surface area contributed by atoms with Crippen LogP contribution in [-0.2, 0) is 10.0 Å². The molecule has 0 spiro atoms. The highest BCUT2D eigenvalue weighted by Crippen LogP contribution is 2.24. The summed E-state index contributed by atoms with van der Waals surface area (Å²) in [6.45, 7) is 2.24. The second-order valence-electron chi connectivity index (χ2n) is 6.28. The van der Waals surface area contributed by atoms with Gasteiger partial charge in [-0.25, -0.2) is 12.7 Å². The Morgan fingerprint density at radius 3 is 2.61 bits per heavy atom. The fourth-order valence-corrected chi connectivity index (χ4v) is 4.03. The molecule has 1 aliphatic rings. The molecule has 1 aliphatic carbocycles. The minimum Gasteiger partial charge on any atom is -0.359 e. The van der Waals surface area contributed by atoms with E-state index in [4.69, 9.17) is 12.2 Å². The summed E-state index contributed by atoms with van der Waals surface area (Å²) in [4.78, 5) is 0.251. The lowest BCUT2D eigenvalue weighted by Crippen LogP contribution is -2.43. The maximum Gasteiger partial charge on any atom is 0.242 e. The zero-order chi connectivity index (χ0) is 17.0. The Morgan fingerprint density at radius 1 is 1.26 bits per heavy atom. The molecule has 2 N–H and O–H groups in total. The Labute approximate surface area is 144 Å². The number of rotatable bonds is 4. The fourth-order valence-electron chi connectivity index (χ4n) is 2.81. The molecule has 0 radical (unpaired) electrons. The summed E-state index contributed by atoms with van der Waals surface area (Å²) in [5.74, 6) is 0.601. The molecule has 5 nitrogen and oxygen atoms in total. The molecule has 0 aliphatic heterocycles. The number of hydrogen-bond acceptors (Lipinski definition) is 3. The lowest BCUT2D eigenvalue weighted by molar-refractivity contribution is 0.309. The van der Waals surface area contributed by atoms with E-state index in [0.717, 1.165) is 6.42 Å². The molecule has 0 unspecified atom stereocenters. The summed E-state index contributed by atoms with van der Waals surface area (Å²) < 4.78 is 25.6. The molecule has 0 aromatic heterocycles. The highest BCUT2D eigenvalue weighted by atomic mass is 32.2. The van der Waals surface area contributed by atoms with E-state index in [0.29, 0.717) is 22.8 Å². The van der Waals surface area contributed by atoms with E-state index in [1.807, 2.05) is 6.07 Å². The van der Waals surface area contributed by atoms with Gasteiger partial charge in [-0.05, 0) is 49.2 Å². The SMILES string of the molecule is C[C@@H]1CCCC[C@@H]1NC(=S)Nc1cccc(S(=O)(=O)N(C)C)c1. The molecular weight excluding hydrogens is 330 g/mol. The third-order valence-electron chi connectivity index (χ3n) is 4.30. The van der Waals surface area contributed by atoms with E-state index in [1.54, 1.807) is 18.2 Å². The van der Waals surface area contributed by atoms with Crippen molar-refractivity contribution in [2.45, 2.75) is 43.5 Å². The van der Waals surface area contributed by atoms with Crippen molar-refractivity contribution in [2.24, 2.45) is 5.92 Å². The smallest absolute Gasteiger partial charge is 0.242 e. The van der Waals surface area contributed by atoms with Crippen molar-refractivity contribution in [2.75, 3.05) is 19.4 Å². The van der Waals surface area contributed by atoms with E-state index in [-0.39, 0.29) is 4.90 Å². The number of anilines is 1. The third-order valence-corrected chi connectivity index (χ3v) is 6.33. The third kappa shape index (κ3) is 4.65. The van der Waals surface area contributed by atoms with Gasteiger partial charge in [0.1, 0.15) is 0 Å². The van der Waals surface area contributed by atoms with Crippen molar-refractivity contribution in [3.05, 3.63) is 24.3 Å². The monoisotopic (exact) mass is 355 g/mol. The molecule has 0 bridgehead atoms. The van der Waals surface area contributed by atoms with E-state index in [2.05, 4.69) is 17.6 Å². The van der Waals surface area contributed by atoms with Crippen molar-refractivity contribution in [1.82, 2.24) is 9.62 Å². The molecule has 128 valence electrons. The number of sulfonamides is 1. The van der Waals surface area contributed by atoms with Gasteiger partial charge in [0.25, 0.3) is 0 Å². The summed E-state index contributed by atoms with van der Waals surface area (Å²) in [5.41, 5.74) is 0.675. The number of thiocarbonyl (C=S) groups is 1. The predicted molar refractivity (Wildman–Crippen MR) is 98.1 cm³/mol. The summed E-state index contributed by atoms with van der Waals surface area (Å²) in [5, 5.41) is 7.00. The molecule has 2 rings (SSSR count). The van der Waals surface area contributed by atoms with Crippen molar-refractivity contribution in [1.29, 1.82) is 0 Å². The molecule has 1 aromatic rings. The van der Waals surface area contributed by atoms with Crippen LogP contribution in [0.1, 0.15) is 32.6 Å². The van der Waals surface area contributed by atoms with Gasteiger partial charge in [-0.3, -0.25) is 0 Å². The number of nitrogens with one attached hydrogen (secondary N) is 2. The Bertz CT molecular complexity index is 659. The second-order valence-corrected chi connectivity index (χ2v) is 8.84. The van der Waals surface area contributed by atoms with E-state index >= 15 is 0 Å². The summed E-state index contributed by atoms with van der Waals surface area (Å²) in [7, 11) is -0.402. The maximum absolute atomic E-state index is 12.2. The van der Waals surface area contributed by atoms with Crippen LogP contribution in [0.5, 0.6) is 0 Å². The number of nitrogens with zero attached hydrogens (tertiary/aromatic N) is 1. The van der Waals surface area contributed by atoms with E-state index in [1.165, 1.54) is 37.7 Å². The van der Waals surface area contributed by atoms with Gasteiger partial charge in [0.2, 0.25) is 10.0 Å². The molecule has 0 saturated heterocycles. The lowest BCUT2D eigenvalue weighted by Gasteiger charge is -2.30. The van der Waals surface area contributed by atoms with Crippen LogP contribution < -0.4 is 10.6 Å². The normalized spacial score (nSPS) is 21.9. The topological polar surface area (TPSA) is 61.4 Å². The van der Waals surface area contributed by atoms with Crippen LogP contribution in [0.25, 0.3) is 0 Å². The minimum absolute atomic E-state index is 0.251. The van der Waals surface area contributed by atoms with Gasteiger partial charge in [-0.15, -0.1) is 0 Å². The van der Waals surface area contributed by atoms with Crippen molar-refractivity contribution >= 4 is 33.0 Å². The van der Waals surface area contributed by atoms with Gasteiger partial charge < -0.3 is 10.6 Å². The molecule has 1 saturated carbocycles. The highest BCUT2D eigenvalue weighted by molar-refractivity contribution is 7.89. The van der Waals surface area contributed by atoms with Crippen molar-refractivity contribution in [3.63, 3.8) is 0 Å². The first-order chi connectivity index (χ1) is 10.8. The Hall–Kier alpha value is -1.18. The largest absolute Gasteiger partial charge is 0.359 e. The molecule has 0 heterocycles.